The van der Waals surface area contributed by atoms with Crippen molar-refractivity contribution in [3.63, 3.8) is 0 Å². The summed E-state index contributed by atoms with van der Waals surface area (Å²) in [6, 6.07) is 0. The van der Waals surface area contributed by atoms with Crippen LogP contribution in [0.4, 0.5) is 0 Å². The van der Waals surface area contributed by atoms with Gasteiger partial charge in [0.15, 0.2) is 0 Å². The minimum absolute atomic E-state index is 0. The van der Waals surface area contributed by atoms with E-state index < -0.39 is 6.41 Å². The van der Waals surface area contributed by atoms with E-state index in [-0.39, 0.29) is 11.4 Å². The molecule has 0 unspecified atom stereocenters. The largest absolute Gasteiger partial charge is 0.870 e. The van der Waals surface area contributed by atoms with E-state index in [2.05, 4.69) is 6.92 Å². The number of hydrogen-bond donors (Lipinski definition) is 3. The minimum Gasteiger partial charge on any atom is -0.870 e. The third-order valence-corrected chi connectivity index (χ3v) is 3.36. The van der Waals surface area contributed by atoms with Crippen LogP contribution >= 0.6 is 0 Å². The molecule has 5 N–H and O–H groups in total. The maximum absolute atomic E-state index is 11.1. The summed E-state index contributed by atoms with van der Waals surface area (Å²) in [5, 5.41) is 18.1. The maximum atomic E-state index is 11.1. The molecule has 0 aliphatic rings. The summed E-state index contributed by atoms with van der Waals surface area (Å²) in [6.07, 6.45) is 12.7. The van der Waals surface area contributed by atoms with Crippen LogP contribution in [-0.4, -0.2) is 28.0 Å². The smallest absolute Gasteiger partial charge is 0.314 e. The van der Waals surface area contributed by atoms with Crippen LogP contribution in [-0.2, 0) is 4.79 Å². The van der Waals surface area contributed by atoms with Gasteiger partial charge in [-0.25, -0.2) is 10.1 Å². The van der Waals surface area contributed by atoms with E-state index in [1.54, 1.807) is 0 Å². The summed E-state index contributed by atoms with van der Waals surface area (Å²) in [7, 11) is 0. The zero-order chi connectivity index (χ0) is 14.3. The zero-order valence-electron chi connectivity index (χ0n) is 12.9. The first-order valence-corrected chi connectivity index (χ1v) is 7.90. The van der Waals surface area contributed by atoms with Gasteiger partial charge in [-0.05, 0) is 6.42 Å². The number of aliphatic hydroxyl groups is 2. The Morgan fingerprint density at radius 2 is 1.25 bits per heavy atom. The number of rotatable bonds is 13. The van der Waals surface area contributed by atoms with Crippen LogP contribution in [0.2, 0.25) is 0 Å². The van der Waals surface area contributed by atoms with E-state index in [4.69, 9.17) is 10.2 Å². The molecule has 0 atom stereocenters. The molecule has 0 radical (unpaired) electrons. The van der Waals surface area contributed by atoms with Crippen LogP contribution < -0.4 is 5.32 Å². The van der Waals surface area contributed by atoms with E-state index >= 15 is 0 Å². The normalized spacial score (nSPS) is 10.6. The number of aliphatic hydroxyl groups excluding tert-OH is 1. The Labute approximate surface area is 123 Å². The second-order valence-corrected chi connectivity index (χ2v) is 5.33. The summed E-state index contributed by atoms with van der Waals surface area (Å²) in [5.41, 5.74) is 0. The molecule has 0 aromatic carbocycles. The monoisotopic (exact) mass is 291 g/mol. The van der Waals surface area contributed by atoms with Crippen molar-refractivity contribution in [3.05, 3.63) is 0 Å². The number of amides is 1. The molecule has 0 aromatic rings. The molecule has 5 nitrogen and oxygen atoms in total. The topological polar surface area (TPSA) is 104 Å². The van der Waals surface area contributed by atoms with Crippen molar-refractivity contribution in [3.8, 4) is 0 Å². The highest BCUT2D eigenvalue weighted by molar-refractivity contribution is 5.65. The number of unbranched alkanes of at least 4 members (excludes halogenated alkanes) is 10. The number of nitrogens with two attached hydrogens (primary N) is 1. The molecule has 0 fully saturated rings. The van der Waals surface area contributed by atoms with Gasteiger partial charge in [0.05, 0.1) is 6.42 Å². The lowest BCUT2D eigenvalue weighted by atomic mass is 10.1. The predicted molar refractivity (Wildman–Crippen MR) is 78.2 cm³/mol. The van der Waals surface area contributed by atoms with Gasteiger partial charge in [0.25, 0.3) is 0 Å². The second-order valence-electron chi connectivity index (χ2n) is 5.33. The van der Waals surface area contributed by atoms with Crippen molar-refractivity contribution in [1.82, 2.24) is 0 Å². The third kappa shape index (κ3) is 17.5. The maximum Gasteiger partial charge on any atom is 0.314 e. The van der Waals surface area contributed by atoms with Gasteiger partial charge in [-0.3, -0.25) is 0 Å². The molecule has 0 spiro atoms. The van der Waals surface area contributed by atoms with Gasteiger partial charge in [-0.1, -0.05) is 71.1 Å². The van der Waals surface area contributed by atoms with Crippen molar-refractivity contribution in [2.45, 2.75) is 90.4 Å². The first kappa shape index (κ1) is 21.8. The summed E-state index contributed by atoms with van der Waals surface area (Å²) in [4.78, 5) is 11.1. The molecule has 0 bridgehead atoms. The van der Waals surface area contributed by atoms with Crippen LogP contribution in [0.15, 0.2) is 0 Å². The number of carbonyl (C=O) groups excluding carboxylic acids is 1. The lowest BCUT2D eigenvalue weighted by molar-refractivity contribution is -0.690. The molecule has 0 rings (SSSR count). The number of quaternary nitrogens is 1. The Balaban J connectivity index is 0. The second kappa shape index (κ2) is 16.6. The van der Waals surface area contributed by atoms with E-state index in [9.17, 15) is 4.79 Å². The average molecular weight is 291 g/mol. The molecule has 0 saturated carbocycles. The van der Waals surface area contributed by atoms with Crippen LogP contribution in [0.5, 0.6) is 0 Å². The van der Waals surface area contributed by atoms with Crippen molar-refractivity contribution in [2.75, 3.05) is 0 Å². The van der Waals surface area contributed by atoms with E-state index in [0.29, 0.717) is 6.42 Å². The fourth-order valence-corrected chi connectivity index (χ4v) is 2.21. The first-order chi connectivity index (χ1) is 9.16. The van der Waals surface area contributed by atoms with Gasteiger partial charge in [-0.15, -0.1) is 0 Å². The van der Waals surface area contributed by atoms with Crippen molar-refractivity contribution in [1.29, 1.82) is 0 Å². The summed E-state index contributed by atoms with van der Waals surface area (Å²) >= 11 is 0. The Hall–Kier alpha value is -0.490. The predicted octanol–water partition coefficient (Wildman–Crippen LogP) is 1.87. The molecule has 122 valence electrons. The number of primary amides is 1. The summed E-state index contributed by atoms with van der Waals surface area (Å²) < 4.78 is 0. The fraction of sp³-hybridized carbons (Fsp3) is 0.933. The Morgan fingerprint density at radius 3 is 1.65 bits per heavy atom. The van der Waals surface area contributed by atoms with Crippen molar-refractivity contribution < 1.29 is 25.8 Å². The highest BCUT2D eigenvalue weighted by Gasteiger charge is 2.09. The molecule has 0 aliphatic carbocycles. The van der Waals surface area contributed by atoms with Crippen LogP contribution in [0.3, 0.4) is 0 Å². The van der Waals surface area contributed by atoms with Crippen LogP contribution in [0, 0.1) is 0 Å². The van der Waals surface area contributed by atoms with E-state index in [1.165, 1.54) is 57.8 Å². The van der Waals surface area contributed by atoms with Crippen LogP contribution in [0.25, 0.3) is 0 Å². The molecular weight excluding hydrogens is 258 g/mol. The highest BCUT2D eigenvalue weighted by atomic mass is 16.5. The molecule has 20 heavy (non-hydrogen) atoms. The van der Waals surface area contributed by atoms with Crippen molar-refractivity contribution >= 4 is 5.91 Å². The molecule has 1 amide bonds. The number of hydrogen-bond acceptors (Lipinski definition) is 4. The van der Waals surface area contributed by atoms with Gasteiger partial charge in [0, 0.05) is 0 Å². The number of carbonyl (C=O) groups is 1. The Bertz CT molecular complexity index is 210. The van der Waals surface area contributed by atoms with Gasteiger partial charge in [0.1, 0.15) is 0 Å². The first-order valence-electron chi connectivity index (χ1n) is 7.90. The lowest BCUT2D eigenvalue weighted by Crippen LogP contribution is -2.93. The van der Waals surface area contributed by atoms with Gasteiger partial charge in [-0.2, -0.15) is 0 Å². The van der Waals surface area contributed by atoms with Crippen molar-refractivity contribution in [2.24, 2.45) is 0 Å². The SMILES string of the molecule is CCCCCCCCCCCCCC(=O)[NH2+]C(O)O.[OH-]. The van der Waals surface area contributed by atoms with Gasteiger partial charge < -0.3 is 15.7 Å². The summed E-state index contributed by atoms with van der Waals surface area (Å²) in [6.45, 7) is 2.24. The molecule has 0 heterocycles. The quantitative estimate of drug-likeness (QED) is 0.356. The molecule has 0 saturated heterocycles. The van der Waals surface area contributed by atoms with Crippen LogP contribution in [0.1, 0.15) is 84.0 Å². The van der Waals surface area contributed by atoms with Gasteiger partial charge >= 0.3 is 12.3 Å². The Morgan fingerprint density at radius 1 is 0.850 bits per heavy atom. The van der Waals surface area contributed by atoms with E-state index in [1.807, 2.05) is 0 Å². The zero-order valence-corrected chi connectivity index (χ0v) is 12.9. The fourth-order valence-electron chi connectivity index (χ4n) is 2.21. The standard InChI is InChI=1S/C15H31NO3.H2O/c1-2-3-4-5-6-7-8-9-10-11-12-13-14(17)16-15(18)19;/h15,18-19H,2-13H2,1H3,(H,16,17);1H2. The highest BCUT2D eigenvalue weighted by Crippen LogP contribution is 2.11. The molecular formula is C15H33NO4. The van der Waals surface area contributed by atoms with E-state index in [0.717, 1.165) is 18.2 Å². The lowest BCUT2D eigenvalue weighted by Gasteiger charge is -2.03. The molecule has 0 aliphatic heterocycles. The average Bonchev–Trinajstić information content (AvgIpc) is 2.35. The minimum atomic E-state index is -1.60. The molecule has 5 heteroatoms. The molecule has 0 aromatic heterocycles. The third-order valence-electron chi connectivity index (χ3n) is 3.36. The summed E-state index contributed by atoms with van der Waals surface area (Å²) in [5.74, 6) is -0.161. The Kier molecular flexibility index (Phi) is 18.1. The van der Waals surface area contributed by atoms with Gasteiger partial charge in [0.2, 0.25) is 0 Å².